The molecule has 0 saturated heterocycles. The van der Waals surface area contributed by atoms with Crippen LogP contribution in [0.2, 0.25) is 0 Å². The molecule has 0 bridgehead atoms. The average molecular weight is 357 g/mol. The molecule has 0 spiro atoms. The molecule has 116 valence electrons. The quantitative estimate of drug-likeness (QED) is 0.881. The number of carboxylic acids is 1. The maximum atomic E-state index is 12.5. The first-order valence-corrected chi connectivity index (χ1v) is 7.50. The van der Waals surface area contributed by atoms with Gasteiger partial charge in [0.1, 0.15) is 5.54 Å². The van der Waals surface area contributed by atoms with Gasteiger partial charge in [-0.15, -0.1) is 0 Å². The third-order valence-electron chi connectivity index (χ3n) is 3.44. The summed E-state index contributed by atoms with van der Waals surface area (Å²) in [5, 5.41) is 9.29. The van der Waals surface area contributed by atoms with E-state index in [4.69, 9.17) is 0 Å². The highest BCUT2D eigenvalue weighted by atomic mass is 79.9. The van der Waals surface area contributed by atoms with Crippen LogP contribution >= 0.6 is 15.9 Å². The van der Waals surface area contributed by atoms with E-state index >= 15 is 0 Å². The van der Waals surface area contributed by atoms with Crippen molar-refractivity contribution in [2.45, 2.75) is 32.9 Å². The minimum absolute atomic E-state index is 0.305. The topological polar surface area (TPSA) is 60.9 Å². The smallest absolute Gasteiger partial charge is 0.329 e. The SMILES string of the molecule is CCN(C(=O)N(C)Cc1ccccc1Br)C(C)(C)C(=O)O. The van der Waals surface area contributed by atoms with Crippen molar-refractivity contribution in [2.24, 2.45) is 0 Å². The van der Waals surface area contributed by atoms with E-state index < -0.39 is 11.5 Å². The number of carbonyl (C=O) groups is 2. The van der Waals surface area contributed by atoms with Crippen LogP contribution in [0, 0.1) is 0 Å². The summed E-state index contributed by atoms with van der Waals surface area (Å²) in [6, 6.07) is 7.33. The molecule has 2 amide bonds. The molecule has 0 aliphatic rings. The zero-order valence-electron chi connectivity index (χ0n) is 12.8. The van der Waals surface area contributed by atoms with Crippen molar-refractivity contribution in [2.75, 3.05) is 13.6 Å². The van der Waals surface area contributed by atoms with Gasteiger partial charge < -0.3 is 14.9 Å². The largest absolute Gasteiger partial charge is 0.480 e. The van der Waals surface area contributed by atoms with Gasteiger partial charge in [-0.2, -0.15) is 0 Å². The van der Waals surface area contributed by atoms with Crippen molar-refractivity contribution >= 4 is 27.9 Å². The fraction of sp³-hybridized carbons (Fsp3) is 0.467. The number of benzene rings is 1. The summed E-state index contributed by atoms with van der Waals surface area (Å²) >= 11 is 3.45. The molecular formula is C15H21BrN2O3. The first-order valence-electron chi connectivity index (χ1n) is 6.71. The number of amides is 2. The molecule has 6 heteroatoms. The Morgan fingerprint density at radius 1 is 1.29 bits per heavy atom. The second-order valence-corrected chi connectivity index (χ2v) is 6.19. The molecule has 0 unspecified atom stereocenters. The second-order valence-electron chi connectivity index (χ2n) is 5.34. The van der Waals surface area contributed by atoms with E-state index in [0.717, 1.165) is 10.0 Å². The van der Waals surface area contributed by atoms with Crippen molar-refractivity contribution in [3.05, 3.63) is 34.3 Å². The standard InChI is InChI=1S/C15H21BrN2O3/c1-5-18(15(2,3)13(19)20)14(21)17(4)10-11-8-6-7-9-12(11)16/h6-9H,5,10H2,1-4H3,(H,19,20). The summed E-state index contributed by atoms with van der Waals surface area (Å²) in [5.41, 5.74) is -0.272. The minimum atomic E-state index is -1.24. The predicted molar refractivity (Wildman–Crippen MR) is 85.1 cm³/mol. The van der Waals surface area contributed by atoms with E-state index in [2.05, 4.69) is 15.9 Å². The van der Waals surface area contributed by atoms with Gasteiger partial charge in [-0.05, 0) is 32.4 Å². The first-order chi connectivity index (χ1) is 9.71. The van der Waals surface area contributed by atoms with Crippen molar-refractivity contribution < 1.29 is 14.7 Å². The van der Waals surface area contributed by atoms with Gasteiger partial charge in [0.05, 0.1) is 0 Å². The number of nitrogens with zero attached hydrogens (tertiary/aromatic N) is 2. The van der Waals surface area contributed by atoms with E-state index in [9.17, 15) is 14.7 Å². The third kappa shape index (κ3) is 3.97. The Labute approximate surface area is 133 Å². The Hall–Kier alpha value is -1.56. The number of carbonyl (C=O) groups excluding carboxylic acids is 1. The molecule has 21 heavy (non-hydrogen) atoms. The molecule has 0 fully saturated rings. The van der Waals surface area contributed by atoms with Crippen LogP contribution in [0.3, 0.4) is 0 Å². The fourth-order valence-electron chi connectivity index (χ4n) is 2.04. The summed E-state index contributed by atoms with van der Waals surface area (Å²) in [7, 11) is 1.67. The molecule has 1 rings (SSSR count). The predicted octanol–water partition coefficient (Wildman–Crippen LogP) is 3.19. The Morgan fingerprint density at radius 2 is 1.86 bits per heavy atom. The van der Waals surface area contributed by atoms with Crippen molar-refractivity contribution in [1.82, 2.24) is 9.80 Å². The first kappa shape index (κ1) is 17.5. The number of carboxylic acid groups (broad SMARTS) is 1. The van der Waals surface area contributed by atoms with Gasteiger partial charge in [-0.25, -0.2) is 9.59 Å². The van der Waals surface area contributed by atoms with Crippen LogP contribution in [0.1, 0.15) is 26.3 Å². The number of rotatable bonds is 5. The highest BCUT2D eigenvalue weighted by Gasteiger charge is 2.38. The van der Waals surface area contributed by atoms with Crippen LogP contribution < -0.4 is 0 Å². The maximum absolute atomic E-state index is 12.5. The second kappa shape index (κ2) is 6.93. The van der Waals surface area contributed by atoms with E-state index in [1.165, 1.54) is 23.6 Å². The van der Waals surface area contributed by atoms with Gasteiger partial charge in [-0.3, -0.25) is 0 Å². The monoisotopic (exact) mass is 356 g/mol. The van der Waals surface area contributed by atoms with Crippen molar-refractivity contribution in [3.63, 3.8) is 0 Å². The molecule has 0 aliphatic carbocycles. The normalized spacial score (nSPS) is 11.1. The number of aliphatic carboxylic acids is 1. The lowest BCUT2D eigenvalue weighted by molar-refractivity contribution is -0.147. The van der Waals surface area contributed by atoms with Crippen LogP contribution in [-0.4, -0.2) is 46.0 Å². The molecule has 0 atom stereocenters. The molecular weight excluding hydrogens is 336 g/mol. The molecule has 1 aromatic carbocycles. The average Bonchev–Trinajstić information content (AvgIpc) is 2.41. The van der Waals surface area contributed by atoms with Crippen molar-refractivity contribution in [3.8, 4) is 0 Å². The summed E-state index contributed by atoms with van der Waals surface area (Å²) < 4.78 is 0.921. The number of hydrogen-bond acceptors (Lipinski definition) is 2. The van der Waals surface area contributed by atoms with Gasteiger partial charge in [0.25, 0.3) is 0 Å². The van der Waals surface area contributed by atoms with Crippen LogP contribution in [-0.2, 0) is 11.3 Å². The molecule has 0 heterocycles. The Morgan fingerprint density at radius 3 is 2.33 bits per heavy atom. The summed E-state index contributed by atoms with van der Waals surface area (Å²) in [6.07, 6.45) is 0. The van der Waals surface area contributed by atoms with E-state index in [0.29, 0.717) is 13.1 Å². The Kier molecular flexibility index (Phi) is 5.78. The van der Waals surface area contributed by atoms with Crippen molar-refractivity contribution in [1.29, 1.82) is 0 Å². The number of halogens is 1. The van der Waals surface area contributed by atoms with Gasteiger partial charge in [-0.1, -0.05) is 34.1 Å². The van der Waals surface area contributed by atoms with E-state index in [1.54, 1.807) is 14.0 Å². The zero-order valence-corrected chi connectivity index (χ0v) is 14.3. The Bertz CT molecular complexity index is 531. The Balaban J connectivity index is 2.91. The summed E-state index contributed by atoms with van der Waals surface area (Å²) in [5.74, 6) is -1.02. The highest BCUT2D eigenvalue weighted by molar-refractivity contribution is 9.10. The van der Waals surface area contributed by atoms with Gasteiger partial charge in [0.2, 0.25) is 0 Å². The van der Waals surface area contributed by atoms with Crippen LogP contribution in [0.4, 0.5) is 4.79 Å². The lowest BCUT2D eigenvalue weighted by Crippen LogP contribution is -2.56. The van der Waals surface area contributed by atoms with Gasteiger partial charge in [0, 0.05) is 24.6 Å². The minimum Gasteiger partial charge on any atom is -0.480 e. The van der Waals surface area contributed by atoms with E-state index in [-0.39, 0.29) is 6.03 Å². The molecule has 0 saturated carbocycles. The molecule has 1 N–H and O–H groups in total. The lowest BCUT2D eigenvalue weighted by Gasteiger charge is -2.37. The van der Waals surface area contributed by atoms with Crippen LogP contribution in [0.25, 0.3) is 0 Å². The zero-order chi connectivity index (χ0) is 16.2. The highest BCUT2D eigenvalue weighted by Crippen LogP contribution is 2.20. The van der Waals surface area contributed by atoms with E-state index in [1.807, 2.05) is 24.3 Å². The van der Waals surface area contributed by atoms with Gasteiger partial charge >= 0.3 is 12.0 Å². The molecule has 0 aliphatic heterocycles. The fourth-order valence-corrected chi connectivity index (χ4v) is 2.45. The van der Waals surface area contributed by atoms with Crippen LogP contribution in [0.5, 0.6) is 0 Å². The van der Waals surface area contributed by atoms with Gasteiger partial charge in [0.15, 0.2) is 0 Å². The maximum Gasteiger partial charge on any atom is 0.329 e. The molecule has 0 aromatic heterocycles. The number of urea groups is 1. The molecule has 5 nitrogen and oxygen atoms in total. The molecule has 0 radical (unpaired) electrons. The summed E-state index contributed by atoms with van der Waals surface area (Å²) in [4.78, 5) is 26.7. The van der Waals surface area contributed by atoms with Crippen LogP contribution in [0.15, 0.2) is 28.7 Å². The molecule has 1 aromatic rings. The number of likely N-dealkylation sites (N-methyl/N-ethyl adjacent to an activating group) is 1. The third-order valence-corrected chi connectivity index (χ3v) is 4.21. The lowest BCUT2D eigenvalue weighted by atomic mass is 10.0. The number of hydrogen-bond donors (Lipinski definition) is 1. The summed E-state index contributed by atoms with van der Waals surface area (Å²) in [6.45, 7) is 5.58.